The number of phenols is 1. The summed E-state index contributed by atoms with van der Waals surface area (Å²) in [6.45, 7) is 1.74. The van der Waals surface area contributed by atoms with E-state index in [2.05, 4.69) is 0 Å². The molecule has 0 radical (unpaired) electrons. The third kappa shape index (κ3) is 3.15. The Kier molecular flexibility index (Phi) is 4.23. The molecule has 0 bridgehead atoms. The summed E-state index contributed by atoms with van der Waals surface area (Å²) in [4.78, 5) is 11.2. The van der Waals surface area contributed by atoms with Crippen LogP contribution >= 0.6 is 0 Å². The van der Waals surface area contributed by atoms with E-state index in [1.807, 2.05) is 0 Å². The van der Waals surface area contributed by atoms with Crippen LogP contribution in [-0.4, -0.2) is 20.7 Å². The van der Waals surface area contributed by atoms with E-state index >= 15 is 0 Å². The Hall–Kier alpha value is -3.22. The fourth-order valence-electron chi connectivity index (χ4n) is 2.79. The summed E-state index contributed by atoms with van der Waals surface area (Å²) in [5.41, 5.74) is 0.658. The van der Waals surface area contributed by atoms with Crippen molar-refractivity contribution >= 4 is 5.97 Å². The molecule has 4 nitrogen and oxygen atoms in total. The molecule has 26 heavy (non-hydrogen) atoms. The molecule has 0 aliphatic carbocycles. The number of carboxylic acid groups (broad SMARTS) is 1. The molecule has 0 atom stereocenters. The van der Waals surface area contributed by atoms with Crippen LogP contribution in [0.2, 0.25) is 0 Å². The zero-order valence-corrected chi connectivity index (χ0v) is 13.6. The van der Waals surface area contributed by atoms with Gasteiger partial charge < -0.3 is 14.8 Å². The zero-order chi connectivity index (χ0) is 19.1. The van der Waals surface area contributed by atoms with Gasteiger partial charge in [-0.15, -0.1) is 0 Å². The lowest BCUT2D eigenvalue weighted by atomic mass is 10.1. The normalized spacial score (nSPS) is 11.5. The number of hydrogen-bond acceptors (Lipinski definition) is 2. The molecule has 134 valence electrons. The minimum absolute atomic E-state index is 0.00801. The number of rotatable bonds is 3. The topological polar surface area (TPSA) is 62.5 Å². The molecule has 1 aromatic heterocycles. The van der Waals surface area contributed by atoms with Gasteiger partial charge in [0, 0.05) is 16.9 Å². The highest BCUT2D eigenvalue weighted by molar-refractivity contribution is 5.88. The van der Waals surface area contributed by atoms with Gasteiger partial charge >= 0.3 is 12.1 Å². The summed E-state index contributed by atoms with van der Waals surface area (Å²) >= 11 is 0. The summed E-state index contributed by atoms with van der Waals surface area (Å²) < 4.78 is 40.7. The number of benzene rings is 2. The van der Waals surface area contributed by atoms with Crippen molar-refractivity contribution in [2.45, 2.75) is 13.1 Å². The fraction of sp³-hybridized carbons (Fsp3) is 0.105. The smallest absolute Gasteiger partial charge is 0.416 e. The number of alkyl halides is 3. The second kappa shape index (κ2) is 6.25. The Morgan fingerprint density at radius 2 is 1.77 bits per heavy atom. The molecule has 0 aliphatic rings. The second-order valence-corrected chi connectivity index (χ2v) is 5.78. The summed E-state index contributed by atoms with van der Waals surface area (Å²) in [7, 11) is 0. The second-order valence-electron chi connectivity index (χ2n) is 5.78. The lowest BCUT2D eigenvalue weighted by molar-refractivity contribution is -0.137. The zero-order valence-electron chi connectivity index (χ0n) is 13.6. The summed E-state index contributed by atoms with van der Waals surface area (Å²) in [5, 5.41) is 19.3. The molecule has 0 spiro atoms. The first-order valence-corrected chi connectivity index (χ1v) is 7.61. The molecule has 3 rings (SSSR count). The van der Waals surface area contributed by atoms with Crippen molar-refractivity contribution in [2.24, 2.45) is 0 Å². The van der Waals surface area contributed by atoms with Gasteiger partial charge in [0.15, 0.2) is 0 Å². The van der Waals surface area contributed by atoms with E-state index in [1.165, 1.54) is 12.1 Å². The van der Waals surface area contributed by atoms with Gasteiger partial charge in [0.25, 0.3) is 0 Å². The molecule has 0 fully saturated rings. The Morgan fingerprint density at radius 3 is 2.42 bits per heavy atom. The predicted molar refractivity (Wildman–Crippen MR) is 89.6 cm³/mol. The van der Waals surface area contributed by atoms with Crippen LogP contribution in [-0.2, 0) is 6.18 Å². The number of nitrogens with zero attached hydrogens (tertiary/aromatic N) is 1. The fourth-order valence-corrected chi connectivity index (χ4v) is 2.79. The number of phenolic OH excluding ortho intramolecular Hbond substituents is 1. The molecule has 0 amide bonds. The highest BCUT2D eigenvalue weighted by atomic mass is 19.4. The van der Waals surface area contributed by atoms with Crippen LogP contribution in [0, 0.1) is 6.92 Å². The maximum atomic E-state index is 13.0. The van der Waals surface area contributed by atoms with Gasteiger partial charge in [0.05, 0.1) is 16.8 Å². The number of halogens is 3. The van der Waals surface area contributed by atoms with Gasteiger partial charge in [-0.25, -0.2) is 4.79 Å². The van der Waals surface area contributed by atoms with E-state index in [0.717, 1.165) is 18.2 Å². The molecule has 0 unspecified atom stereocenters. The molecular weight excluding hydrogens is 347 g/mol. The molecule has 1 heterocycles. The van der Waals surface area contributed by atoms with Gasteiger partial charge in [-0.05, 0) is 55.5 Å². The van der Waals surface area contributed by atoms with Crippen LogP contribution in [0.25, 0.3) is 16.9 Å². The lowest BCUT2D eigenvalue weighted by Gasteiger charge is -2.15. The minimum atomic E-state index is -4.54. The standard InChI is InChI=1S/C19H14F3NO3/c1-11-5-7-16(15-10-13(19(20,21)22)6-8-17(15)24)23(11)14-4-2-3-12(9-14)18(25)26/h2-10,24H,1H3,(H,25,26). The maximum Gasteiger partial charge on any atom is 0.416 e. The third-order valence-corrected chi connectivity index (χ3v) is 4.03. The minimum Gasteiger partial charge on any atom is -0.507 e. The van der Waals surface area contributed by atoms with E-state index in [0.29, 0.717) is 17.1 Å². The van der Waals surface area contributed by atoms with Crippen molar-refractivity contribution < 1.29 is 28.2 Å². The molecule has 3 aromatic rings. The van der Waals surface area contributed by atoms with E-state index < -0.39 is 17.7 Å². The summed E-state index contributed by atoms with van der Waals surface area (Å²) in [6, 6.07) is 12.0. The predicted octanol–water partition coefficient (Wildman–Crippen LogP) is 4.88. The van der Waals surface area contributed by atoms with Crippen molar-refractivity contribution in [2.75, 3.05) is 0 Å². The molecule has 0 aliphatic heterocycles. The van der Waals surface area contributed by atoms with Crippen molar-refractivity contribution in [3.05, 3.63) is 71.4 Å². The average molecular weight is 361 g/mol. The van der Waals surface area contributed by atoms with Crippen LogP contribution in [0.1, 0.15) is 21.6 Å². The largest absolute Gasteiger partial charge is 0.507 e. The van der Waals surface area contributed by atoms with E-state index in [9.17, 15) is 23.1 Å². The van der Waals surface area contributed by atoms with Gasteiger partial charge in [-0.1, -0.05) is 6.07 Å². The Bertz CT molecular complexity index is 990. The number of aromatic hydroxyl groups is 1. The van der Waals surface area contributed by atoms with Crippen LogP contribution in [0.4, 0.5) is 13.2 Å². The van der Waals surface area contributed by atoms with Gasteiger partial charge in [0.2, 0.25) is 0 Å². The maximum absolute atomic E-state index is 13.0. The first kappa shape index (κ1) is 17.6. The van der Waals surface area contributed by atoms with Gasteiger partial charge in [-0.2, -0.15) is 13.2 Å². The van der Waals surface area contributed by atoms with E-state index in [-0.39, 0.29) is 16.9 Å². The quantitative estimate of drug-likeness (QED) is 0.699. The number of aromatic carboxylic acids is 1. The number of aromatic nitrogens is 1. The van der Waals surface area contributed by atoms with Crippen molar-refractivity contribution in [3.8, 4) is 22.7 Å². The number of aryl methyl sites for hydroxylation is 1. The number of carbonyl (C=O) groups is 1. The molecule has 2 N–H and O–H groups in total. The number of carboxylic acids is 1. The lowest BCUT2D eigenvalue weighted by Crippen LogP contribution is -2.06. The van der Waals surface area contributed by atoms with Crippen LogP contribution in [0.15, 0.2) is 54.6 Å². The Labute approximate surface area is 146 Å². The van der Waals surface area contributed by atoms with Crippen LogP contribution < -0.4 is 0 Å². The van der Waals surface area contributed by atoms with E-state index in [4.69, 9.17) is 5.11 Å². The first-order chi connectivity index (χ1) is 12.2. The Balaban J connectivity index is 2.21. The van der Waals surface area contributed by atoms with Crippen LogP contribution in [0.5, 0.6) is 5.75 Å². The van der Waals surface area contributed by atoms with Crippen LogP contribution in [0.3, 0.4) is 0 Å². The first-order valence-electron chi connectivity index (χ1n) is 7.61. The SMILES string of the molecule is Cc1ccc(-c2cc(C(F)(F)F)ccc2O)n1-c1cccc(C(=O)O)c1. The number of hydrogen-bond donors (Lipinski definition) is 2. The van der Waals surface area contributed by atoms with Gasteiger partial charge in [0.1, 0.15) is 5.75 Å². The van der Waals surface area contributed by atoms with Crippen molar-refractivity contribution in [1.29, 1.82) is 0 Å². The Morgan fingerprint density at radius 1 is 1.04 bits per heavy atom. The summed E-state index contributed by atoms with van der Waals surface area (Å²) in [6.07, 6.45) is -4.54. The molecule has 0 saturated carbocycles. The van der Waals surface area contributed by atoms with Gasteiger partial charge in [-0.3, -0.25) is 0 Å². The average Bonchev–Trinajstić information content (AvgIpc) is 2.95. The molecule has 2 aromatic carbocycles. The van der Waals surface area contributed by atoms with Crippen molar-refractivity contribution in [3.63, 3.8) is 0 Å². The van der Waals surface area contributed by atoms with Crippen molar-refractivity contribution in [1.82, 2.24) is 4.57 Å². The molecule has 0 saturated heterocycles. The van der Waals surface area contributed by atoms with E-state index in [1.54, 1.807) is 35.8 Å². The molecule has 7 heteroatoms. The monoisotopic (exact) mass is 361 g/mol. The third-order valence-electron chi connectivity index (χ3n) is 4.03. The molecular formula is C19H14F3NO3. The highest BCUT2D eigenvalue weighted by Crippen LogP contribution is 2.38. The highest BCUT2D eigenvalue weighted by Gasteiger charge is 2.31. The summed E-state index contributed by atoms with van der Waals surface area (Å²) in [5.74, 6) is -1.41.